The van der Waals surface area contributed by atoms with Crippen molar-refractivity contribution in [3.63, 3.8) is 0 Å². The predicted molar refractivity (Wildman–Crippen MR) is 71.3 cm³/mol. The minimum atomic E-state index is 0.490. The van der Waals surface area contributed by atoms with Gasteiger partial charge in [0.05, 0.1) is 6.10 Å². The van der Waals surface area contributed by atoms with E-state index in [1.807, 2.05) is 0 Å². The Balaban J connectivity index is 1.75. The van der Waals surface area contributed by atoms with E-state index in [2.05, 4.69) is 24.3 Å². The average Bonchev–Trinajstić information content (AvgIpc) is 2.40. The molecule has 3 unspecified atom stereocenters. The summed E-state index contributed by atoms with van der Waals surface area (Å²) in [6.07, 6.45) is 9.73. The summed E-state index contributed by atoms with van der Waals surface area (Å²) in [5.41, 5.74) is 0. The number of ether oxygens (including phenoxy) is 1. The van der Waals surface area contributed by atoms with Gasteiger partial charge < -0.3 is 15.0 Å². The van der Waals surface area contributed by atoms with Crippen molar-refractivity contribution in [1.29, 1.82) is 0 Å². The second-order valence-electron chi connectivity index (χ2n) is 5.73. The third kappa shape index (κ3) is 3.94. The molecule has 1 saturated carbocycles. The molecule has 1 N–H and O–H groups in total. The first kappa shape index (κ1) is 13.3. The fourth-order valence-electron chi connectivity index (χ4n) is 3.25. The zero-order chi connectivity index (χ0) is 12.1. The Hall–Kier alpha value is -0.120. The molecule has 3 nitrogen and oxygen atoms in total. The van der Waals surface area contributed by atoms with Crippen molar-refractivity contribution < 1.29 is 4.74 Å². The van der Waals surface area contributed by atoms with E-state index in [4.69, 9.17) is 4.74 Å². The van der Waals surface area contributed by atoms with Gasteiger partial charge in [-0.1, -0.05) is 6.42 Å². The summed E-state index contributed by atoms with van der Waals surface area (Å²) >= 11 is 0. The van der Waals surface area contributed by atoms with Crippen molar-refractivity contribution in [3.05, 3.63) is 0 Å². The smallest absolute Gasteiger partial charge is 0.0702 e. The van der Waals surface area contributed by atoms with Gasteiger partial charge in [-0.25, -0.2) is 0 Å². The Bertz CT molecular complexity index is 216. The van der Waals surface area contributed by atoms with Crippen LogP contribution in [0.15, 0.2) is 0 Å². The van der Waals surface area contributed by atoms with Gasteiger partial charge in [-0.15, -0.1) is 0 Å². The highest BCUT2D eigenvalue weighted by molar-refractivity contribution is 4.83. The summed E-state index contributed by atoms with van der Waals surface area (Å²) in [5, 5.41) is 3.43. The summed E-state index contributed by atoms with van der Waals surface area (Å²) in [7, 11) is 4.37. The second kappa shape index (κ2) is 6.72. The lowest BCUT2D eigenvalue weighted by atomic mass is 9.90. The lowest BCUT2D eigenvalue weighted by Gasteiger charge is -2.37. The molecule has 0 aromatic heterocycles. The first-order valence-electron chi connectivity index (χ1n) is 7.28. The Morgan fingerprint density at radius 1 is 1.18 bits per heavy atom. The van der Waals surface area contributed by atoms with Crippen LogP contribution in [0.25, 0.3) is 0 Å². The molecule has 1 saturated heterocycles. The summed E-state index contributed by atoms with van der Waals surface area (Å²) in [6.45, 7) is 2.10. The molecule has 2 fully saturated rings. The van der Waals surface area contributed by atoms with Crippen LogP contribution in [-0.4, -0.2) is 50.3 Å². The molecule has 2 rings (SSSR count). The van der Waals surface area contributed by atoms with Gasteiger partial charge in [-0.05, 0) is 52.6 Å². The molecule has 3 heteroatoms. The molecule has 0 aromatic carbocycles. The van der Waals surface area contributed by atoms with Gasteiger partial charge in [-0.2, -0.15) is 0 Å². The van der Waals surface area contributed by atoms with E-state index in [0.717, 1.165) is 25.2 Å². The van der Waals surface area contributed by atoms with Gasteiger partial charge in [0.25, 0.3) is 0 Å². The molecule has 2 aliphatic rings. The summed E-state index contributed by atoms with van der Waals surface area (Å²) in [5.74, 6) is 0. The number of hydrogen-bond donors (Lipinski definition) is 1. The maximum absolute atomic E-state index is 5.84. The molecule has 1 heterocycles. The second-order valence-corrected chi connectivity index (χ2v) is 5.73. The van der Waals surface area contributed by atoms with Crippen molar-refractivity contribution in [2.75, 3.05) is 27.2 Å². The Morgan fingerprint density at radius 2 is 2.06 bits per heavy atom. The van der Waals surface area contributed by atoms with Gasteiger partial charge in [0.2, 0.25) is 0 Å². The van der Waals surface area contributed by atoms with Crippen LogP contribution in [0.4, 0.5) is 0 Å². The topological polar surface area (TPSA) is 24.5 Å². The summed E-state index contributed by atoms with van der Waals surface area (Å²) < 4.78 is 5.84. The molecule has 0 radical (unpaired) electrons. The lowest BCUT2D eigenvalue weighted by Crippen LogP contribution is -2.45. The highest BCUT2D eigenvalue weighted by Crippen LogP contribution is 2.23. The van der Waals surface area contributed by atoms with Crippen LogP contribution in [0.2, 0.25) is 0 Å². The van der Waals surface area contributed by atoms with Crippen LogP contribution in [0, 0.1) is 0 Å². The zero-order valence-electron chi connectivity index (χ0n) is 11.5. The first-order chi connectivity index (χ1) is 8.29. The average molecular weight is 240 g/mol. The third-order valence-corrected chi connectivity index (χ3v) is 4.44. The largest absolute Gasteiger partial charge is 0.377 e. The monoisotopic (exact) mass is 240 g/mol. The van der Waals surface area contributed by atoms with Crippen LogP contribution in [0.3, 0.4) is 0 Å². The van der Waals surface area contributed by atoms with Gasteiger partial charge in [0, 0.05) is 25.2 Å². The zero-order valence-corrected chi connectivity index (χ0v) is 11.5. The quantitative estimate of drug-likeness (QED) is 0.813. The highest BCUT2D eigenvalue weighted by Gasteiger charge is 2.26. The summed E-state index contributed by atoms with van der Waals surface area (Å²) in [6, 6.07) is 1.48. The molecule has 3 atom stereocenters. The van der Waals surface area contributed by atoms with Crippen LogP contribution in [0.5, 0.6) is 0 Å². The first-order valence-corrected chi connectivity index (χ1v) is 7.28. The van der Waals surface area contributed by atoms with Crippen LogP contribution < -0.4 is 5.32 Å². The molecule has 0 aromatic rings. The minimum Gasteiger partial charge on any atom is -0.377 e. The van der Waals surface area contributed by atoms with Gasteiger partial charge in [-0.3, -0.25) is 0 Å². The maximum atomic E-state index is 5.84. The summed E-state index contributed by atoms with van der Waals surface area (Å²) in [4.78, 5) is 2.54. The number of rotatable bonds is 4. The molecular formula is C14H28N2O. The van der Waals surface area contributed by atoms with Crippen LogP contribution >= 0.6 is 0 Å². The van der Waals surface area contributed by atoms with Crippen molar-refractivity contribution >= 4 is 0 Å². The fourth-order valence-corrected chi connectivity index (χ4v) is 3.25. The molecule has 0 bridgehead atoms. The van der Waals surface area contributed by atoms with Crippen molar-refractivity contribution in [2.45, 2.75) is 63.1 Å². The molecular weight excluding hydrogens is 212 g/mol. The lowest BCUT2D eigenvalue weighted by molar-refractivity contribution is -0.0118. The normalized spacial score (nSPS) is 35.1. The fraction of sp³-hybridized carbons (Fsp3) is 1.00. The van der Waals surface area contributed by atoms with Gasteiger partial charge in [0.15, 0.2) is 0 Å². The van der Waals surface area contributed by atoms with Crippen molar-refractivity contribution in [3.8, 4) is 0 Å². The van der Waals surface area contributed by atoms with E-state index in [1.54, 1.807) is 0 Å². The molecule has 0 spiro atoms. The van der Waals surface area contributed by atoms with Crippen molar-refractivity contribution in [1.82, 2.24) is 10.2 Å². The van der Waals surface area contributed by atoms with Gasteiger partial charge >= 0.3 is 0 Å². The van der Waals surface area contributed by atoms with E-state index < -0.39 is 0 Å². The number of nitrogens with zero attached hydrogens (tertiary/aromatic N) is 1. The van der Waals surface area contributed by atoms with E-state index in [0.29, 0.717) is 6.10 Å². The Morgan fingerprint density at radius 3 is 2.76 bits per heavy atom. The number of likely N-dealkylation sites (N-methyl/N-ethyl adjacent to an activating group) is 1. The Kier molecular flexibility index (Phi) is 5.26. The maximum Gasteiger partial charge on any atom is 0.0702 e. The molecule has 1 aliphatic heterocycles. The predicted octanol–water partition coefficient (Wildman–Crippen LogP) is 2.02. The van der Waals surface area contributed by atoms with Gasteiger partial charge in [0.1, 0.15) is 0 Å². The Labute approximate surface area is 106 Å². The van der Waals surface area contributed by atoms with Crippen molar-refractivity contribution in [2.24, 2.45) is 0 Å². The minimum absolute atomic E-state index is 0.490. The molecule has 17 heavy (non-hydrogen) atoms. The van der Waals surface area contributed by atoms with E-state index in [1.165, 1.54) is 44.9 Å². The molecule has 1 aliphatic carbocycles. The number of nitrogens with one attached hydrogen (secondary N) is 1. The standard InChI is InChI=1S/C14H28N2O/c1-15-12-6-5-7-13(10-12)16(2)11-14-8-3-4-9-17-14/h12-15H,3-11H2,1-2H3. The van der Waals surface area contributed by atoms with Crippen LogP contribution in [0.1, 0.15) is 44.9 Å². The van der Waals surface area contributed by atoms with Crippen LogP contribution in [-0.2, 0) is 4.74 Å². The highest BCUT2D eigenvalue weighted by atomic mass is 16.5. The number of hydrogen-bond acceptors (Lipinski definition) is 3. The molecule has 100 valence electrons. The third-order valence-electron chi connectivity index (χ3n) is 4.44. The van der Waals surface area contributed by atoms with E-state index in [-0.39, 0.29) is 0 Å². The van der Waals surface area contributed by atoms with E-state index in [9.17, 15) is 0 Å². The van der Waals surface area contributed by atoms with E-state index >= 15 is 0 Å². The molecule has 0 amide bonds. The SMILES string of the molecule is CNC1CCCC(N(C)CC2CCCCO2)C1.